The second-order valence-corrected chi connectivity index (χ2v) is 5.48. The SMILES string of the molecule is Nc1cc(Br)ccc1Cn1cc(Br)c(=O)[nH]c1=O. The zero-order valence-electron chi connectivity index (χ0n) is 9.11. The van der Waals surface area contributed by atoms with Crippen molar-refractivity contribution in [1.29, 1.82) is 0 Å². The monoisotopic (exact) mass is 373 g/mol. The fourth-order valence-electron chi connectivity index (χ4n) is 1.49. The average molecular weight is 375 g/mol. The van der Waals surface area contributed by atoms with E-state index in [4.69, 9.17) is 5.73 Å². The van der Waals surface area contributed by atoms with Crippen molar-refractivity contribution in [3.8, 4) is 0 Å². The number of nitrogens with two attached hydrogens (primary N) is 1. The van der Waals surface area contributed by atoms with Crippen molar-refractivity contribution in [2.45, 2.75) is 6.54 Å². The molecule has 1 heterocycles. The first-order valence-electron chi connectivity index (χ1n) is 5.00. The Morgan fingerprint density at radius 2 is 2.00 bits per heavy atom. The maximum Gasteiger partial charge on any atom is 0.328 e. The second-order valence-electron chi connectivity index (χ2n) is 3.71. The molecule has 0 aliphatic rings. The van der Waals surface area contributed by atoms with E-state index < -0.39 is 11.2 Å². The Kier molecular flexibility index (Phi) is 3.72. The normalized spacial score (nSPS) is 10.6. The molecule has 0 radical (unpaired) electrons. The van der Waals surface area contributed by atoms with Gasteiger partial charge in [-0.1, -0.05) is 22.0 Å². The Hall–Kier alpha value is -1.34. The molecule has 0 spiro atoms. The molecule has 3 N–H and O–H groups in total. The summed E-state index contributed by atoms with van der Waals surface area (Å²) in [6, 6.07) is 5.43. The number of anilines is 1. The first kappa shape index (κ1) is 13.1. The van der Waals surface area contributed by atoms with E-state index in [1.54, 1.807) is 6.07 Å². The highest BCUT2D eigenvalue weighted by atomic mass is 79.9. The van der Waals surface area contributed by atoms with E-state index in [-0.39, 0.29) is 0 Å². The second kappa shape index (κ2) is 5.11. The molecular weight excluding hydrogens is 366 g/mol. The van der Waals surface area contributed by atoms with E-state index in [1.807, 2.05) is 12.1 Å². The van der Waals surface area contributed by atoms with Gasteiger partial charge >= 0.3 is 5.69 Å². The van der Waals surface area contributed by atoms with Gasteiger partial charge in [0.15, 0.2) is 0 Å². The lowest BCUT2D eigenvalue weighted by Gasteiger charge is -2.08. The van der Waals surface area contributed by atoms with E-state index in [0.717, 1.165) is 10.0 Å². The van der Waals surface area contributed by atoms with Gasteiger partial charge < -0.3 is 5.73 Å². The number of hydrogen-bond donors (Lipinski definition) is 2. The van der Waals surface area contributed by atoms with Gasteiger partial charge in [0.1, 0.15) is 0 Å². The highest BCUT2D eigenvalue weighted by Gasteiger charge is 2.05. The summed E-state index contributed by atoms with van der Waals surface area (Å²) in [4.78, 5) is 25.0. The smallest absolute Gasteiger partial charge is 0.328 e. The van der Waals surface area contributed by atoms with Crippen LogP contribution in [-0.2, 0) is 6.54 Å². The van der Waals surface area contributed by atoms with Crippen LogP contribution in [0, 0.1) is 0 Å². The summed E-state index contributed by atoms with van der Waals surface area (Å²) in [7, 11) is 0. The third kappa shape index (κ3) is 2.73. The molecule has 5 nitrogen and oxygen atoms in total. The molecule has 0 saturated heterocycles. The lowest BCUT2D eigenvalue weighted by Crippen LogP contribution is -2.30. The number of hydrogen-bond acceptors (Lipinski definition) is 3. The van der Waals surface area contributed by atoms with Crippen LogP contribution in [0.15, 0.2) is 42.9 Å². The van der Waals surface area contributed by atoms with E-state index in [2.05, 4.69) is 36.8 Å². The zero-order chi connectivity index (χ0) is 13.3. The van der Waals surface area contributed by atoms with Gasteiger partial charge in [-0.3, -0.25) is 14.3 Å². The largest absolute Gasteiger partial charge is 0.398 e. The van der Waals surface area contributed by atoms with Gasteiger partial charge in [-0.15, -0.1) is 0 Å². The van der Waals surface area contributed by atoms with Gasteiger partial charge in [0.2, 0.25) is 0 Å². The van der Waals surface area contributed by atoms with Crippen LogP contribution in [-0.4, -0.2) is 9.55 Å². The van der Waals surface area contributed by atoms with Gasteiger partial charge in [0, 0.05) is 16.4 Å². The standard InChI is InChI=1S/C11H9Br2N3O2/c12-7-2-1-6(9(14)3-7)4-16-5-8(13)10(17)15-11(16)18/h1-3,5H,4,14H2,(H,15,17,18). The molecule has 0 amide bonds. The molecule has 0 fully saturated rings. The van der Waals surface area contributed by atoms with Crippen LogP contribution in [0.1, 0.15) is 5.56 Å². The summed E-state index contributed by atoms with van der Waals surface area (Å²) < 4.78 is 2.56. The molecule has 0 aliphatic carbocycles. The van der Waals surface area contributed by atoms with E-state index in [0.29, 0.717) is 16.7 Å². The van der Waals surface area contributed by atoms with Gasteiger partial charge in [0.05, 0.1) is 11.0 Å². The quantitative estimate of drug-likeness (QED) is 0.785. The molecule has 2 aromatic rings. The number of nitrogen functional groups attached to an aromatic ring is 1. The molecule has 1 aromatic carbocycles. The molecule has 0 unspecified atom stereocenters. The van der Waals surface area contributed by atoms with Crippen LogP contribution in [0.4, 0.5) is 5.69 Å². The third-order valence-electron chi connectivity index (χ3n) is 2.42. The summed E-state index contributed by atoms with van der Waals surface area (Å²) in [5.41, 5.74) is 6.33. The van der Waals surface area contributed by atoms with Crippen LogP contribution in [0.5, 0.6) is 0 Å². The minimum atomic E-state index is -0.467. The third-order valence-corrected chi connectivity index (χ3v) is 3.47. The van der Waals surface area contributed by atoms with Gasteiger partial charge in [0.25, 0.3) is 5.56 Å². The first-order valence-corrected chi connectivity index (χ1v) is 6.59. The van der Waals surface area contributed by atoms with E-state index >= 15 is 0 Å². The van der Waals surface area contributed by atoms with Crippen LogP contribution >= 0.6 is 31.9 Å². The minimum Gasteiger partial charge on any atom is -0.398 e. The van der Waals surface area contributed by atoms with Crippen molar-refractivity contribution in [1.82, 2.24) is 9.55 Å². The predicted molar refractivity (Wildman–Crippen MR) is 76.7 cm³/mol. The highest BCUT2D eigenvalue weighted by Crippen LogP contribution is 2.19. The molecular formula is C11H9Br2N3O2. The number of nitrogens with one attached hydrogen (secondary N) is 1. The first-order chi connectivity index (χ1) is 8.47. The molecule has 18 heavy (non-hydrogen) atoms. The Morgan fingerprint density at radius 3 is 2.67 bits per heavy atom. The minimum absolute atomic E-state index is 0.299. The average Bonchev–Trinajstić information content (AvgIpc) is 2.29. The Labute approximate surface area is 119 Å². The summed E-state index contributed by atoms with van der Waals surface area (Å²) in [5.74, 6) is 0. The maximum atomic E-state index is 11.6. The van der Waals surface area contributed by atoms with Crippen molar-refractivity contribution in [3.63, 3.8) is 0 Å². The van der Waals surface area contributed by atoms with Crippen LogP contribution in [0.25, 0.3) is 0 Å². The van der Waals surface area contributed by atoms with Crippen molar-refractivity contribution in [3.05, 3.63) is 59.7 Å². The van der Waals surface area contributed by atoms with Crippen LogP contribution < -0.4 is 17.0 Å². The summed E-state index contributed by atoms with van der Waals surface area (Å²) in [5, 5.41) is 0. The van der Waals surface area contributed by atoms with Gasteiger partial charge in [-0.05, 0) is 33.6 Å². The fraction of sp³-hybridized carbons (Fsp3) is 0.0909. The predicted octanol–water partition coefficient (Wildman–Crippen LogP) is 1.69. The number of rotatable bonds is 2. The molecule has 7 heteroatoms. The number of aromatic amines is 1. The molecule has 1 aromatic heterocycles. The number of H-pyrrole nitrogens is 1. The van der Waals surface area contributed by atoms with Gasteiger partial charge in [-0.2, -0.15) is 0 Å². The number of benzene rings is 1. The Bertz CT molecular complexity index is 706. The highest BCUT2D eigenvalue weighted by molar-refractivity contribution is 9.10. The van der Waals surface area contributed by atoms with Crippen LogP contribution in [0.3, 0.4) is 0 Å². The lowest BCUT2D eigenvalue weighted by molar-refractivity contribution is 0.717. The van der Waals surface area contributed by atoms with Crippen molar-refractivity contribution < 1.29 is 0 Å². The number of aromatic nitrogens is 2. The number of halogens is 2. The molecule has 0 aliphatic heterocycles. The lowest BCUT2D eigenvalue weighted by atomic mass is 10.2. The van der Waals surface area contributed by atoms with Gasteiger partial charge in [-0.25, -0.2) is 4.79 Å². The molecule has 2 rings (SSSR count). The Balaban J connectivity index is 2.43. The molecule has 0 saturated carbocycles. The van der Waals surface area contributed by atoms with E-state index in [1.165, 1.54) is 10.8 Å². The topological polar surface area (TPSA) is 80.9 Å². The van der Waals surface area contributed by atoms with E-state index in [9.17, 15) is 9.59 Å². The Morgan fingerprint density at radius 1 is 1.28 bits per heavy atom. The number of nitrogens with zero attached hydrogens (tertiary/aromatic N) is 1. The fourth-order valence-corrected chi connectivity index (χ4v) is 2.22. The van der Waals surface area contributed by atoms with Crippen molar-refractivity contribution in [2.75, 3.05) is 5.73 Å². The summed E-state index contributed by atoms with van der Waals surface area (Å²) in [6.07, 6.45) is 1.45. The van der Waals surface area contributed by atoms with Crippen LogP contribution in [0.2, 0.25) is 0 Å². The van der Waals surface area contributed by atoms with Crippen molar-refractivity contribution in [2.24, 2.45) is 0 Å². The molecule has 0 bridgehead atoms. The summed E-state index contributed by atoms with van der Waals surface area (Å²) >= 11 is 6.40. The maximum absolute atomic E-state index is 11.6. The molecule has 0 atom stereocenters. The van der Waals surface area contributed by atoms with Crippen molar-refractivity contribution >= 4 is 37.5 Å². The summed E-state index contributed by atoms with van der Waals surface area (Å²) in [6.45, 7) is 0.299. The molecule has 94 valence electrons. The zero-order valence-corrected chi connectivity index (χ0v) is 12.3.